The number of hydrogen-bond acceptors (Lipinski definition) is 14. The Hall–Kier alpha value is -6.00. The number of anilines is 5. The van der Waals surface area contributed by atoms with Crippen LogP contribution in [0.5, 0.6) is 17.2 Å². The molecule has 3 aromatic carbocycles. The number of carbonyl (C=O) groups excluding carboxylic acids is 3. The maximum atomic E-state index is 13.6. The van der Waals surface area contributed by atoms with E-state index in [1.165, 1.54) is 0 Å². The van der Waals surface area contributed by atoms with Crippen molar-refractivity contribution in [3.05, 3.63) is 71.8 Å². The number of aromatic hydroxyl groups is 1. The van der Waals surface area contributed by atoms with Gasteiger partial charge in [-0.2, -0.15) is 0 Å². The van der Waals surface area contributed by atoms with E-state index in [-0.39, 0.29) is 41.2 Å². The smallest absolute Gasteiger partial charge is 0.249 e. The molecule has 0 unspecified atom stereocenters. The van der Waals surface area contributed by atoms with E-state index in [4.69, 9.17) is 26.8 Å². The Balaban J connectivity index is 0.724. The lowest BCUT2D eigenvalue weighted by Gasteiger charge is -2.49. The van der Waals surface area contributed by atoms with Crippen LogP contribution in [0, 0.1) is 0 Å². The van der Waals surface area contributed by atoms with Crippen LogP contribution in [0.3, 0.4) is 0 Å². The van der Waals surface area contributed by atoms with Gasteiger partial charge in [0, 0.05) is 100 Å². The fraction of sp³-hybridized carbons (Fsp3) is 0.468. The number of likely N-dealkylation sites (tertiary alicyclic amines) is 1. The van der Waals surface area contributed by atoms with E-state index < -0.39 is 6.04 Å². The number of phenolic OH excluding ortho intramolecular Hbond substituents is 1. The number of piperazine rings is 2. The number of imide groups is 1. The van der Waals surface area contributed by atoms with Crippen molar-refractivity contribution in [2.45, 2.75) is 69.2 Å². The van der Waals surface area contributed by atoms with Gasteiger partial charge < -0.3 is 44.8 Å². The molecule has 4 N–H and O–H groups in total. The van der Waals surface area contributed by atoms with Crippen LogP contribution >= 0.6 is 11.6 Å². The Morgan fingerprint density at radius 1 is 0.922 bits per heavy atom. The number of carbonyl (C=O) groups is 3. The van der Waals surface area contributed by atoms with Crippen LogP contribution in [-0.2, 0) is 14.4 Å². The third kappa shape index (κ3) is 8.17. The number of aromatic nitrogens is 2. The summed E-state index contributed by atoms with van der Waals surface area (Å²) < 4.78 is 12.8. The summed E-state index contributed by atoms with van der Waals surface area (Å²) in [6.07, 6.45) is 4.27. The van der Waals surface area contributed by atoms with Gasteiger partial charge in [-0.3, -0.25) is 24.6 Å². The number of amides is 3. The van der Waals surface area contributed by atoms with E-state index >= 15 is 0 Å². The Morgan fingerprint density at radius 3 is 2.50 bits per heavy atom. The highest BCUT2D eigenvalue weighted by atomic mass is 35.5. The molecule has 7 heterocycles. The summed E-state index contributed by atoms with van der Waals surface area (Å²) in [5.74, 6) is 1.68. The number of ether oxygens (including phenoxy) is 2. The first-order valence-electron chi connectivity index (χ1n) is 22.5. The molecule has 3 amide bonds. The third-order valence-corrected chi connectivity index (χ3v) is 14.2. The first-order chi connectivity index (χ1) is 31.0. The lowest BCUT2D eigenvalue weighted by molar-refractivity contribution is -0.135. The van der Waals surface area contributed by atoms with Crippen LogP contribution in [0.4, 0.5) is 28.6 Å². The fourth-order valence-electron chi connectivity index (χ4n) is 10.8. The highest BCUT2D eigenvalue weighted by molar-refractivity contribution is 6.31. The Labute approximate surface area is 377 Å². The van der Waals surface area contributed by atoms with Crippen molar-refractivity contribution in [3.63, 3.8) is 0 Å². The summed E-state index contributed by atoms with van der Waals surface area (Å²) >= 11 is 6.80. The SMILES string of the molecule is C[C@@]12CC[C@@H](CN(c3cc(-c4ccccc4O)nnc3N)C1)N2c1cc(Cl)cc(OC2CCN(C(=O)CN3CCN(c4cccc5c4OCCN5[C@@H]4CCC(=O)NC4=O)CC3)CC2)c1. The number of fused-ring (bicyclic) bond motifs is 3. The second kappa shape index (κ2) is 17.2. The summed E-state index contributed by atoms with van der Waals surface area (Å²) in [6.45, 7) is 9.42. The van der Waals surface area contributed by atoms with Gasteiger partial charge in [-0.15, -0.1) is 10.2 Å². The normalized spacial score (nSPS) is 24.1. The molecule has 6 aliphatic heterocycles. The second-order valence-electron chi connectivity index (χ2n) is 18.2. The van der Waals surface area contributed by atoms with Gasteiger partial charge in [0.15, 0.2) is 11.6 Å². The van der Waals surface area contributed by atoms with Gasteiger partial charge in [-0.1, -0.05) is 29.8 Å². The van der Waals surface area contributed by atoms with Crippen molar-refractivity contribution in [3.8, 4) is 28.5 Å². The van der Waals surface area contributed by atoms with Crippen LogP contribution in [0.2, 0.25) is 5.02 Å². The number of rotatable bonds is 9. The molecule has 10 rings (SSSR count). The van der Waals surface area contributed by atoms with Crippen LogP contribution in [0.1, 0.15) is 45.4 Å². The van der Waals surface area contributed by atoms with E-state index in [9.17, 15) is 19.5 Å². The number of piperidine rings is 2. The summed E-state index contributed by atoms with van der Waals surface area (Å²) in [5.41, 5.74) is 11.1. The van der Waals surface area contributed by atoms with Crippen molar-refractivity contribution in [2.75, 3.05) is 97.4 Å². The molecule has 6 aliphatic rings. The highest BCUT2D eigenvalue weighted by Crippen LogP contribution is 2.46. The standard InChI is InChI=1S/C47H55ClN10O6/c1-47-14-11-31(27-56(29-47)40-26-36(51-52-45(40)49)35-5-2-3-8-41(35)59)58(47)32-23-30(48)24-34(25-32)64-33-12-15-55(16-13-33)43(61)28-53-17-19-54(20-18-53)37-6-4-7-38-44(37)63-22-21-57(38)39-9-10-42(60)50-46(39)62/h2-8,23-26,31,33,39,59H,9-22,27-29H2,1H3,(H2,49,52)(H,50,60,62)/t31-,39+,47+/m0/s1. The average Bonchev–Trinajstić information content (AvgIpc) is 3.50. The molecule has 336 valence electrons. The molecular formula is C47H55ClN10O6. The molecule has 16 nitrogen and oxygen atoms in total. The minimum Gasteiger partial charge on any atom is -0.507 e. The zero-order valence-electron chi connectivity index (χ0n) is 36.1. The molecular weight excluding hydrogens is 836 g/mol. The van der Waals surface area contributed by atoms with Crippen LogP contribution in [0.15, 0.2) is 66.7 Å². The average molecular weight is 891 g/mol. The van der Waals surface area contributed by atoms with Crippen LogP contribution < -0.4 is 40.1 Å². The molecule has 5 saturated heterocycles. The van der Waals surface area contributed by atoms with Gasteiger partial charge in [0.1, 0.15) is 30.3 Å². The predicted octanol–water partition coefficient (Wildman–Crippen LogP) is 4.53. The number of para-hydroxylation sites is 2. The van der Waals surface area contributed by atoms with Crippen molar-refractivity contribution < 1.29 is 29.0 Å². The van der Waals surface area contributed by atoms with Crippen LogP contribution in [-0.4, -0.2) is 139 Å². The lowest BCUT2D eigenvalue weighted by atomic mass is 9.96. The molecule has 0 aliphatic carbocycles. The quantitative estimate of drug-likeness (QED) is 0.200. The molecule has 0 spiro atoms. The summed E-state index contributed by atoms with van der Waals surface area (Å²) in [4.78, 5) is 51.5. The van der Waals surface area contributed by atoms with Gasteiger partial charge in [-0.25, -0.2) is 0 Å². The van der Waals surface area contributed by atoms with Crippen LogP contribution in [0.25, 0.3) is 11.3 Å². The molecule has 3 atom stereocenters. The molecule has 0 radical (unpaired) electrons. The topological polar surface area (TPSA) is 173 Å². The molecule has 1 aromatic heterocycles. The number of nitrogens with two attached hydrogens (primary N) is 1. The Bertz CT molecular complexity index is 2440. The Kier molecular flexibility index (Phi) is 11.3. The summed E-state index contributed by atoms with van der Waals surface area (Å²) in [6, 6.07) is 20.9. The number of halogens is 1. The van der Waals surface area contributed by atoms with E-state index in [0.29, 0.717) is 67.7 Å². The molecule has 5 fully saturated rings. The van der Waals surface area contributed by atoms with Gasteiger partial charge in [0.25, 0.3) is 0 Å². The van der Waals surface area contributed by atoms with Gasteiger partial charge in [-0.05, 0) is 68.7 Å². The lowest BCUT2D eigenvalue weighted by Crippen LogP contribution is -2.60. The van der Waals surface area contributed by atoms with Crippen molar-refractivity contribution >= 4 is 57.9 Å². The minimum atomic E-state index is -0.399. The van der Waals surface area contributed by atoms with E-state index in [1.807, 2.05) is 47.4 Å². The first-order valence-corrected chi connectivity index (χ1v) is 22.9. The minimum absolute atomic E-state index is 0.0339. The van der Waals surface area contributed by atoms with Gasteiger partial charge in [0.05, 0.1) is 41.4 Å². The van der Waals surface area contributed by atoms with E-state index in [1.54, 1.807) is 12.1 Å². The van der Waals surface area contributed by atoms with Crippen molar-refractivity contribution in [1.82, 2.24) is 25.3 Å². The van der Waals surface area contributed by atoms with E-state index in [0.717, 1.165) is 99.2 Å². The third-order valence-electron chi connectivity index (χ3n) is 14.0. The predicted molar refractivity (Wildman–Crippen MR) is 245 cm³/mol. The number of nitrogens with one attached hydrogen (secondary N) is 1. The van der Waals surface area contributed by atoms with Crippen molar-refractivity contribution in [1.29, 1.82) is 0 Å². The zero-order valence-corrected chi connectivity index (χ0v) is 36.9. The zero-order chi connectivity index (χ0) is 44.1. The fourth-order valence-corrected chi connectivity index (χ4v) is 11.0. The number of phenols is 1. The molecule has 17 heteroatoms. The Morgan fingerprint density at radius 2 is 1.72 bits per heavy atom. The number of hydrogen-bond donors (Lipinski definition) is 3. The largest absolute Gasteiger partial charge is 0.507 e. The summed E-state index contributed by atoms with van der Waals surface area (Å²) in [7, 11) is 0. The number of nitrogen functional groups attached to an aromatic ring is 1. The maximum Gasteiger partial charge on any atom is 0.249 e. The van der Waals surface area contributed by atoms with Gasteiger partial charge in [0.2, 0.25) is 17.7 Å². The maximum absolute atomic E-state index is 13.6. The summed E-state index contributed by atoms with van der Waals surface area (Å²) in [5, 5.41) is 22.2. The second-order valence-corrected chi connectivity index (χ2v) is 18.6. The molecule has 4 aromatic rings. The van der Waals surface area contributed by atoms with Gasteiger partial charge >= 0.3 is 0 Å². The molecule has 0 saturated carbocycles. The highest BCUT2D eigenvalue weighted by Gasteiger charge is 2.49. The van der Waals surface area contributed by atoms with E-state index in [2.05, 4.69) is 59.1 Å². The van der Waals surface area contributed by atoms with Crippen molar-refractivity contribution in [2.24, 2.45) is 0 Å². The number of nitrogens with zero attached hydrogens (tertiary/aromatic N) is 8. The first kappa shape index (κ1) is 42.0. The molecule has 2 bridgehead atoms. The monoisotopic (exact) mass is 890 g/mol. The molecule has 64 heavy (non-hydrogen) atoms. The number of benzene rings is 3.